The van der Waals surface area contributed by atoms with Crippen molar-refractivity contribution in [3.63, 3.8) is 0 Å². The molecule has 0 bridgehead atoms. The van der Waals surface area contributed by atoms with Crippen LogP contribution in [0.1, 0.15) is 43.4 Å². The van der Waals surface area contributed by atoms with Crippen molar-refractivity contribution in [3.05, 3.63) is 102 Å². The Morgan fingerprint density at radius 2 is 1.29 bits per heavy atom. The van der Waals surface area contributed by atoms with E-state index in [1.165, 1.54) is 11.1 Å². The zero-order valence-corrected chi connectivity index (χ0v) is 16.9. The molecule has 3 rings (SSSR count). The Morgan fingerprint density at radius 3 is 1.79 bits per heavy atom. The number of hydrogen-bond donors (Lipinski definition) is 0. The minimum absolute atomic E-state index is 0.0920. The third-order valence-corrected chi connectivity index (χ3v) is 4.52. The molecule has 3 heteroatoms. The van der Waals surface area contributed by atoms with Crippen LogP contribution in [0.2, 0.25) is 0 Å². The third kappa shape index (κ3) is 4.80. The predicted octanol–water partition coefficient (Wildman–Crippen LogP) is 6.24. The average molecular weight is 373 g/mol. The molecule has 0 atom stereocenters. The van der Waals surface area contributed by atoms with E-state index in [1.54, 1.807) is 11.9 Å². The lowest BCUT2D eigenvalue weighted by Gasteiger charge is -2.26. The lowest BCUT2D eigenvalue weighted by Crippen LogP contribution is -2.34. The summed E-state index contributed by atoms with van der Waals surface area (Å²) in [5, 5.41) is 0. The van der Waals surface area contributed by atoms with E-state index in [0.29, 0.717) is 0 Å². The first kappa shape index (κ1) is 19.7. The van der Waals surface area contributed by atoms with Gasteiger partial charge in [0.15, 0.2) is 0 Å². The van der Waals surface area contributed by atoms with Crippen molar-refractivity contribution in [2.24, 2.45) is 0 Å². The highest BCUT2D eigenvalue weighted by Crippen LogP contribution is 2.33. The summed E-state index contributed by atoms with van der Waals surface area (Å²) in [6.45, 7) is 5.61. The van der Waals surface area contributed by atoms with Crippen LogP contribution in [-0.2, 0) is 4.74 Å². The molecule has 3 aromatic rings. The van der Waals surface area contributed by atoms with E-state index < -0.39 is 5.60 Å². The van der Waals surface area contributed by atoms with Gasteiger partial charge in [-0.2, -0.15) is 0 Å². The smallest absolute Gasteiger partial charge is 0.414 e. The third-order valence-electron chi connectivity index (χ3n) is 4.52. The molecule has 0 saturated carbocycles. The Bertz CT molecular complexity index is 875. The second kappa shape index (κ2) is 8.30. The molecular weight excluding hydrogens is 346 g/mol. The number of nitrogens with zero attached hydrogens (tertiary/aromatic N) is 1. The lowest BCUT2D eigenvalue weighted by atomic mass is 9.85. The molecule has 0 aliphatic rings. The number of amides is 1. The molecule has 0 aromatic heterocycles. The Kier molecular flexibility index (Phi) is 5.84. The van der Waals surface area contributed by atoms with Crippen LogP contribution in [0.25, 0.3) is 0 Å². The molecule has 0 heterocycles. The molecule has 0 fully saturated rings. The summed E-state index contributed by atoms with van der Waals surface area (Å²) in [5.74, 6) is 0.0920. The van der Waals surface area contributed by atoms with Gasteiger partial charge >= 0.3 is 6.09 Å². The molecular formula is C25H27NO2. The van der Waals surface area contributed by atoms with Gasteiger partial charge in [0.25, 0.3) is 0 Å². The largest absolute Gasteiger partial charge is 0.443 e. The van der Waals surface area contributed by atoms with E-state index in [9.17, 15) is 4.79 Å². The fourth-order valence-corrected chi connectivity index (χ4v) is 3.22. The monoisotopic (exact) mass is 373 g/mol. The van der Waals surface area contributed by atoms with Gasteiger partial charge < -0.3 is 4.74 Å². The summed E-state index contributed by atoms with van der Waals surface area (Å²) in [4.78, 5) is 14.0. The quantitative estimate of drug-likeness (QED) is 0.507. The number of carbonyl (C=O) groups excluding carboxylic acids is 1. The number of anilines is 1. The Morgan fingerprint density at radius 1 is 0.786 bits per heavy atom. The highest BCUT2D eigenvalue weighted by molar-refractivity contribution is 5.87. The standard InChI is InChI=1S/C25H27NO2/c1-25(2,3)28-24(27)26(4)22-17-11-16-21(18-22)23(19-12-7-5-8-13-19)20-14-9-6-10-15-20/h5-18,23H,1-4H3. The average Bonchev–Trinajstić information content (AvgIpc) is 2.68. The van der Waals surface area contributed by atoms with Crippen molar-refractivity contribution in [3.8, 4) is 0 Å². The predicted molar refractivity (Wildman–Crippen MR) is 115 cm³/mol. The van der Waals surface area contributed by atoms with Gasteiger partial charge in [-0.05, 0) is 49.6 Å². The fraction of sp³-hybridized carbons (Fsp3) is 0.240. The summed E-state index contributed by atoms with van der Waals surface area (Å²) in [5.41, 5.74) is 3.84. The zero-order chi connectivity index (χ0) is 20.1. The molecule has 144 valence electrons. The van der Waals surface area contributed by atoms with Crippen molar-refractivity contribution in [1.82, 2.24) is 0 Å². The number of carbonyl (C=O) groups is 1. The molecule has 0 aliphatic carbocycles. The van der Waals surface area contributed by atoms with Gasteiger partial charge in [-0.1, -0.05) is 72.8 Å². The second-order valence-electron chi connectivity index (χ2n) is 7.89. The molecule has 3 aromatic carbocycles. The molecule has 0 unspecified atom stereocenters. The molecule has 0 spiro atoms. The van der Waals surface area contributed by atoms with E-state index in [2.05, 4.69) is 60.7 Å². The maximum atomic E-state index is 12.5. The van der Waals surface area contributed by atoms with E-state index in [1.807, 2.05) is 45.0 Å². The maximum Gasteiger partial charge on any atom is 0.414 e. The number of rotatable bonds is 4. The molecule has 0 N–H and O–H groups in total. The highest BCUT2D eigenvalue weighted by atomic mass is 16.6. The number of benzene rings is 3. The van der Waals surface area contributed by atoms with Crippen molar-refractivity contribution >= 4 is 11.8 Å². The summed E-state index contributed by atoms with van der Waals surface area (Å²) < 4.78 is 5.51. The molecule has 0 saturated heterocycles. The Hall–Kier alpha value is -3.07. The number of ether oxygens (including phenoxy) is 1. The van der Waals surface area contributed by atoms with E-state index in [0.717, 1.165) is 11.3 Å². The van der Waals surface area contributed by atoms with E-state index in [4.69, 9.17) is 4.74 Å². The molecule has 3 nitrogen and oxygen atoms in total. The summed E-state index contributed by atoms with van der Waals surface area (Å²) in [6, 6.07) is 28.9. The van der Waals surface area contributed by atoms with Crippen LogP contribution in [0, 0.1) is 0 Å². The Labute approximate surface area is 167 Å². The fourth-order valence-electron chi connectivity index (χ4n) is 3.22. The first-order valence-corrected chi connectivity index (χ1v) is 9.52. The van der Waals surface area contributed by atoms with Crippen molar-refractivity contribution in [1.29, 1.82) is 0 Å². The Balaban J connectivity index is 1.99. The SMILES string of the molecule is CN(C(=O)OC(C)(C)C)c1cccc(C(c2ccccc2)c2ccccc2)c1. The summed E-state index contributed by atoms with van der Waals surface area (Å²) in [7, 11) is 1.74. The van der Waals surface area contributed by atoms with Crippen LogP contribution in [0.3, 0.4) is 0 Å². The van der Waals surface area contributed by atoms with E-state index >= 15 is 0 Å². The minimum Gasteiger partial charge on any atom is -0.443 e. The first-order valence-electron chi connectivity index (χ1n) is 9.52. The van der Waals surface area contributed by atoms with Crippen LogP contribution in [0.4, 0.5) is 10.5 Å². The summed E-state index contributed by atoms with van der Waals surface area (Å²) >= 11 is 0. The van der Waals surface area contributed by atoms with Gasteiger partial charge in [0.1, 0.15) is 5.60 Å². The van der Waals surface area contributed by atoms with Crippen LogP contribution < -0.4 is 4.90 Å². The van der Waals surface area contributed by atoms with Crippen molar-refractivity contribution < 1.29 is 9.53 Å². The van der Waals surface area contributed by atoms with Crippen molar-refractivity contribution in [2.75, 3.05) is 11.9 Å². The topological polar surface area (TPSA) is 29.5 Å². The molecule has 28 heavy (non-hydrogen) atoms. The van der Waals surface area contributed by atoms with Gasteiger partial charge in [-0.25, -0.2) is 4.79 Å². The molecule has 1 amide bonds. The van der Waals surface area contributed by atoms with Crippen LogP contribution >= 0.6 is 0 Å². The van der Waals surface area contributed by atoms with Gasteiger partial charge in [0, 0.05) is 18.7 Å². The highest BCUT2D eigenvalue weighted by Gasteiger charge is 2.22. The zero-order valence-electron chi connectivity index (χ0n) is 16.9. The van der Waals surface area contributed by atoms with Crippen LogP contribution in [0.15, 0.2) is 84.9 Å². The van der Waals surface area contributed by atoms with Gasteiger partial charge in [-0.15, -0.1) is 0 Å². The van der Waals surface area contributed by atoms with Crippen LogP contribution in [-0.4, -0.2) is 18.7 Å². The van der Waals surface area contributed by atoms with Crippen LogP contribution in [0.5, 0.6) is 0 Å². The van der Waals surface area contributed by atoms with Gasteiger partial charge in [0.05, 0.1) is 0 Å². The number of hydrogen-bond acceptors (Lipinski definition) is 2. The summed E-state index contributed by atoms with van der Waals surface area (Å²) in [6.07, 6.45) is -0.361. The van der Waals surface area contributed by atoms with E-state index in [-0.39, 0.29) is 12.0 Å². The normalized spacial score (nSPS) is 11.3. The molecule has 0 aliphatic heterocycles. The minimum atomic E-state index is -0.528. The second-order valence-corrected chi connectivity index (χ2v) is 7.89. The molecule has 0 radical (unpaired) electrons. The lowest BCUT2D eigenvalue weighted by molar-refractivity contribution is 0.0589. The maximum absolute atomic E-state index is 12.5. The van der Waals surface area contributed by atoms with Gasteiger partial charge in [-0.3, -0.25) is 4.90 Å². The van der Waals surface area contributed by atoms with Crippen molar-refractivity contribution in [2.45, 2.75) is 32.3 Å². The first-order chi connectivity index (χ1) is 13.3. The van der Waals surface area contributed by atoms with Gasteiger partial charge in [0.2, 0.25) is 0 Å².